The molecule has 94 valence electrons. The molecule has 0 amide bonds. The third kappa shape index (κ3) is 2.32. The molecular formula is C14H11N3OS. The summed E-state index contributed by atoms with van der Waals surface area (Å²) < 4.78 is 5.34. The molecule has 0 unspecified atom stereocenters. The van der Waals surface area contributed by atoms with Crippen molar-refractivity contribution < 1.29 is 4.74 Å². The van der Waals surface area contributed by atoms with Gasteiger partial charge in [-0.15, -0.1) is 10.2 Å². The number of aromatic nitrogens is 3. The minimum absolute atomic E-state index is 0.802. The predicted molar refractivity (Wildman–Crippen MR) is 75.1 cm³/mol. The van der Waals surface area contributed by atoms with Gasteiger partial charge in [0.15, 0.2) is 5.01 Å². The first-order valence-electron chi connectivity index (χ1n) is 5.76. The van der Waals surface area contributed by atoms with Crippen molar-refractivity contribution in [3.05, 3.63) is 48.8 Å². The Morgan fingerprint density at radius 2 is 1.84 bits per heavy atom. The lowest BCUT2D eigenvalue weighted by Gasteiger charge is -2.03. The summed E-state index contributed by atoms with van der Waals surface area (Å²) in [6.07, 6.45) is 3.53. The largest absolute Gasteiger partial charge is 0.496 e. The second-order valence-electron chi connectivity index (χ2n) is 3.85. The molecule has 0 N–H and O–H groups in total. The summed E-state index contributed by atoms with van der Waals surface area (Å²) >= 11 is 1.53. The molecular weight excluding hydrogens is 258 g/mol. The zero-order valence-electron chi connectivity index (χ0n) is 10.3. The van der Waals surface area contributed by atoms with E-state index in [9.17, 15) is 0 Å². The maximum Gasteiger partial charge on any atom is 0.151 e. The van der Waals surface area contributed by atoms with Gasteiger partial charge in [-0.1, -0.05) is 23.5 Å². The molecule has 0 fully saturated rings. The van der Waals surface area contributed by atoms with Crippen LogP contribution in [0.5, 0.6) is 5.75 Å². The summed E-state index contributed by atoms with van der Waals surface area (Å²) in [4.78, 5) is 4.09. The van der Waals surface area contributed by atoms with E-state index in [1.54, 1.807) is 19.5 Å². The van der Waals surface area contributed by atoms with Crippen molar-refractivity contribution in [2.45, 2.75) is 0 Å². The third-order valence-electron chi connectivity index (χ3n) is 2.67. The van der Waals surface area contributed by atoms with E-state index in [1.165, 1.54) is 11.3 Å². The lowest BCUT2D eigenvalue weighted by molar-refractivity contribution is 0.416. The Labute approximate surface area is 114 Å². The summed E-state index contributed by atoms with van der Waals surface area (Å²) in [7, 11) is 1.65. The van der Waals surface area contributed by atoms with Crippen LogP contribution in [0.1, 0.15) is 0 Å². The average molecular weight is 269 g/mol. The molecule has 0 saturated heterocycles. The van der Waals surface area contributed by atoms with Crippen LogP contribution >= 0.6 is 11.3 Å². The average Bonchev–Trinajstić information content (AvgIpc) is 2.98. The van der Waals surface area contributed by atoms with Gasteiger partial charge in [0.1, 0.15) is 10.8 Å². The number of pyridine rings is 1. The maximum atomic E-state index is 5.34. The Morgan fingerprint density at radius 1 is 1.00 bits per heavy atom. The molecule has 2 heterocycles. The van der Waals surface area contributed by atoms with Crippen LogP contribution in [0.15, 0.2) is 48.8 Å². The Balaban J connectivity index is 2.02. The molecule has 5 heteroatoms. The molecule has 0 atom stereocenters. The van der Waals surface area contributed by atoms with Gasteiger partial charge in [-0.2, -0.15) is 0 Å². The first kappa shape index (κ1) is 11.8. The minimum atomic E-state index is 0.802. The topological polar surface area (TPSA) is 47.9 Å². The molecule has 4 nitrogen and oxygen atoms in total. The van der Waals surface area contributed by atoms with E-state index >= 15 is 0 Å². The monoisotopic (exact) mass is 269 g/mol. The maximum absolute atomic E-state index is 5.34. The van der Waals surface area contributed by atoms with E-state index in [4.69, 9.17) is 4.74 Å². The molecule has 3 rings (SSSR count). The van der Waals surface area contributed by atoms with Crippen LogP contribution in [0, 0.1) is 0 Å². The fourth-order valence-corrected chi connectivity index (χ4v) is 2.62. The van der Waals surface area contributed by atoms with Gasteiger partial charge in [0.2, 0.25) is 0 Å². The zero-order valence-corrected chi connectivity index (χ0v) is 11.1. The summed E-state index contributed by atoms with van der Waals surface area (Å²) in [5, 5.41) is 10.1. The predicted octanol–water partition coefficient (Wildman–Crippen LogP) is 3.28. The Morgan fingerprint density at radius 3 is 2.63 bits per heavy atom. The van der Waals surface area contributed by atoms with Gasteiger partial charge < -0.3 is 4.74 Å². The van der Waals surface area contributed by atoms with E-state index in [0.717, 1.165) is 26.9 Å². The van der Waals surface area contributed by atoms with Crippen molar-refractivity contribution in [3.63, 3.8) is 0 Å². The van der Waals surface area contributed by atoms with Gasteiger partial charge in [-0.25, -0.2) is 0 Å². The molecule has 0 spiro atoms. The number of benzene rings is 1. The SMILES string of the molecule is COc1ccccc1-c1nnc(-c2cccnc2)s1. The first-order chi connectivity index (χ1) is 9.38. The third-order valence-corrected chi connectivity index (χ3v) is 3.68. The highest BCUT2D eigenvalue weighted by Crippen LogP contribution is 2.34. The van der Waals surface area contributed by atoms with Gasteiger partial charge in [0.05, 0.1) is 12.7 Å². The molecule has 1 aromatic carbocycles. The highest BCUT2D eigenvalue weighted by atomic mass is 32.1. The van der Waals surface area contributed by atoms with Crippen molar-refractivity contribution in [2.24, 2.45) is 0 Å². The number of para-hydroxylation sites is 1. The molecule has 0 aliphatic heterocycles. The van der Waals surface area contributed by atoms with Crippen LogP contribution in [0.3, 0.4) is 0 Å². The van der Waals surface area contributed by atoms with Crippen LogP contribution in [-0.2, 0) is 0 Å². The van der Waals surface area contributed by atoms with Crippen molar-refractivity contribution in [3.8, 4) is 26.9 Å². The van der Waals surface area contributed by atoms with Crippen molar-refractivity contribution in [1.29, 1.82) is 0 Å². The minimum Gasteiger partial charge on any atom is -0.496 e. The van der Waals surface area contributed by atoms with E-state index in [2.05, 4.69) is 15.2 Å². The molecule has 0 saturated carbocycles. The van der Waals surface area contributed by atoms with Crippen molar-refractivity contribution in [1.82, 2.24) is 15.2 Å². The van der Waals surface area contributed by atoms with Gasteiger partial charge in [-0.3, -0.25) is 4.98 Å². The van der Waals surface area contributed by atoms with Crippen molar-refractivity contribution >= 4 is 11.3 Å². The van der Waals surface area contributed by atoms with Crippen LogP contribution < -0.4 is 4.74 Å². The second-order valence-corrected chi connectivity index (χ2v) is 4.83. The summed E-state index contributed by atoms with van der Waals surface area (Å²) in [6.45, 7) is 0. The van der Waals surface area contributed by atoms with Crippen LogP contribution in [-0.4, -0.2) is 22.3 Å². The van der Waals surface area contributed by atoms with Gasteiger partial charge >= 0.3 is 0 Å². The molecule has 19 heavy (non-hydrogen) atoms. The fourth-order valence-electron chi connectivity index (χ4n) is 1.76. The van der Waals surface area contributed by atoms with E-state index < -0.39 is 0 Å². The zero-order chi connectivity index (χ0) is 13.1. The number of methoxy groups -OCH3 is 1. The Kier molecular flexibility index (Phi) is 3.20. The van der Waals surface area contributed by atoms with Gasteiger partial charge in [0.25, 0.3) is 0 Å². The lowest BCUT2D eigenvalue weighted by Crippen LogP contribution is -1.86. The van der Waals surface area contributed by atoms with Crippen molar-refractivity contribution in [2.75, 3.05) is 7.11 Å². The number of rotatable bonds is 3. The summed E-state index contributed by atoms with van der Waals surface area (Å²) in [5.41, 5.74) is 1.93. The highest BCUT2D eigenvalue weighted by molar-refractivity contribution is 7.18. The standard InChI is InChI=1S/C14H11N3OS/c1-18-12-7-3-2-6-11(12)14-17-16-13(19-14)10-5-4-8-15-9-10/h2-9H,1H3. The number of nitrogens with zero attached hydrogens (tertiary/aromatic N) is 3. The van der Waals surface area contributed by atoms with Crippen LogP contribution in [0.25, 0.3) is 21.1 Å². The smallest absolute Gasteiger partial charge is 0.151 e. The quantitative estimate of drug-likeness (QED) is 0.732. The summed E-state index contributed by atoms with van der Waals surface area (Å²) in [6, 6.07) is 11.7. The van der Waals surface area contributed by atoms with Gasteiger partial charge in [-0.05, 0) is 24.3 Å². The second kappa shape index (κ2) is 5.16. The molecule has 2 aromatic heterocycles. The number of hydrogen-bond donors (Lipinski definition) is 0. The first-order valence-corrected chi connectivity index (χ1v) is 6.57. The van der Waals surface area contributed by atoms with E-state index in [-0.39, 0.29) is 0 Å². The number of hydrogen-bond acceptors (Lipinski definition) is 5. The molecule has 3 aromatic rings. The normalized spacial score (nSPS) is 10.4. The number of ether oxygens (including phenoxy) is 1. The van der Waals surface area contributed by atoms with Crippen LogP contribution in [0.2, 0.25) is 0 Å². The molecule has 0 radical (unpaired) electrons. The van der Waals surface area contributed by atoms with Gasteiger partial charge in [0, 0.05) is 18.0 Å². The molecule has 0 bridgehead atoms. The summed E-state index contributed by atoms with van der Waals surface area (Å²) in [5.74, 6) is 0.802. The fraction of sp³-hybridized carbons (Fsp3) is 0.0714. The van der Waals surface area contributed by atoms with E-state index in [1.807, 2.05) is 36.4 Å². The lowest BCUT2D eigenvalue weighted by atomic mass is 10.2. The highest BCUT2D eigenvalue weighted by Gasteiger charge is 2.12. The Hall–Kier alpha value is -2.27. The Bertz CT molecular complexity index is 682. The molecule has 0 aliphatic carbocycles. The molecule has 0 aliphatic rings. The van der Waals surface area contributed by atoms with Crippen LogP contribution in [0.4, 0.5) is 0 Å². The van der Waals surface area contributed by atoms with E-state index in [0.29, 0.717) is 0 Å².